The number of aromatic nitrogens is 2. The predicted octanol–water partition coefficient (Wildman–Crippen LogP) is 1.61. The fourth-order valence-electron chi connectivity index (χ4n) is 1.67. The molecule has 0 bridgehead atoms. The molecule has 1 heterocycles. The zero-order chi connectivity index (χ0) is 13.1. The Labute approximate surface area is 105 Å². The van der Waals surface area contributed by atoms with E-state index in [0.717, 1.165) is 11.1 Å². The lowest BCUT2D eigenvalue weighted by molar-refractivity contribution is 0.0600. The summed E-state index contributed by atoms with van der Waals surface area (Å²) in [6, 6.07) is 7.22. The first kappa shape index (κ1) is 12.2. The fraction of sp³-hybridized carbons (Fsp3) is 0.231. The lowest BCUT2D eigenvalue weighted by Crippen LogP contribution is -2.03. The highest BCUT2D eigenvalue weighted by molar-refractivity contribution is 5.89. The Kier molecular flexibility index (Phi) is 3.32. The lowest BCUT2D eigenvalue weighted by atomic mass is 10.1. The van der Waals surface area contributed by atoms with Gasteiger partial charge in [-0.15, -0.1) is 0 Å². The summed E-state index contributed by atoms with van der Waals surface area (Å²) in [5.74, 6) is 0.210. The number of ether oxygens (including phenoxy) is 1. The van der Waals surface area contributed by atoms with Crippen LogP contribution < -0.4 is 5.73 Å². The van der Waals surface area contributed by atoms with E-state index in [4.69, 9.17) is 5.73 Å². The number of carbonyl (C=O) groups excluding carboxylic acids is 1. The standard InChI is InChI=1S/C13H15N3O2/c1-9-7-16(15-12(9)14)8-10-3-5-11(6-4-10)13(17)18-2/h3-7H,8H2,1-2H3,(H2,14,15). The molecule has 0 aliphatic rings. The molecule has 0 saturated carbocycles. The van der Waals surface area contributed by atoms with Crippen LogP contribution >= 0.6 is 0 Å². The Bertz CT molecular complexity index is 539. The summed E-state index contributed by atoms with van der Waals surface area (Å²) < 4.78 is 6.42. The van der Waals surface area contributed by atoms with Crippen LogP contribution in [0.25, 0.3) is 0 Å². The van der Waals surface area contributed by atoms with E-state index in [9.17, 15) is 4.79 Å². The van der Waals surface area contributed by atoms with Crippen LogP contribution in [-0.4, -0.2) is 22.9 Å². The van der Waals surface area contributed by atoms with E-state index in [1.807, 2.05) is 25.3 Å². The number of anilines is 1. The molecular weight excluding hydrogens is 230 g/mol. The molecule has 0 aliphatic carbocycles. The molecule has 5 heteroatoms. The highest BCUT2D eigenvalue weighted by Gasteiger charge is 2.05. The first-order chi connectivity index (χ1) is 8.60. The van der Waals surface area contributed by atoms with Crippen molar-refractivity contribution in [3.05, 3.63) is 47.2 Å². The Morgan fingerprint density at radius 3 is 2.56 bits per heavy atom. The van der Waals surface area contributed by atoms with Gasteiger partial charge in [0, 0.05) is 11.8 Å². The van der Waals surface area contributed by atoms with Crippen LogP contribution in [-0.2, 0) is 11.3 Å². The summed E-state index contributed by atoms with van der Waals surface area (Å²) in [5, 5.41) is 4.18. The van der Waals surface area contributed by atoms with Crippen molar-refractivity contribution in [1.29, 1.82) is 0 Å². The van der Waals surface area contributed by atoms with E-state index in [1.54, 1.807) is 16.8 Å². The number of carbonyl (C=O) groups is 1. The van der Waals surface area contributed by atoms with E-state index in [2.05, 4.69) is 9.84 Å². The van der Waals surface area contributed by atoms with Gasteiger partial charge in [0.25, 0.3) is 0 Å². The van der Waals surface area contributed by atoms with Crippen molar-refractivity contribution in [2.24, 2.45) is 0 Å². The largest absolute Gasteiger partial charge is 0.465 e. The number of aryl methyl sites for hydroxylation is 1. The van der Waals surface area contributed by atoms with Gasteiger partial charge in [0.1, 0.15) is 5.82 Å². The van der Waals surface area contributed by atoms with Gasteiger partial charge in [-0.1, -0.05) is 12.1 Å². The monoisotopic (exact) mass is 245 g/mol. The van der Waals surface area contributed by atoms with Crippen molar-refractivity contribution in [3.63, 3.8) is 0 Å². The number of nitrogen functional groups attached to an aromatic ring is 1. The minimum atomic E-state index is -0.333. The third-order valence-electron chi connectivity index (χ3n) is 2.70. The third-order valence-corrected chi connectivity index (χ3v) is 2.70. The summed E-state index contributed by atoms with van der Waals surface area (Å²) in [6.45, 7) is 2.54. The fourth-order valence-corrected chi connectivity index (χ4v) is 1.67. The van der Waals surface area contributed by atoms with Crippen molar-refractivity contribution < 1.29 is 9.53 Å². The summed E-state index contributed by atoms with van der Waals surface area (Å²) >= 11 is 0. The summed E-state index contributed by atoms with van der Waals surface area (Å²) in [6.07, 6.45) is 1.89. The minimum Gasteiger partial charge on any atom is -0.465 e. The first-order valence-electron chi connectivity index (χ1n) is 5.57. The SMILES string of the molecule is COC(=O)c1ccc(Cn2cc(C)c(N)n2)cc1. The number of esters is 1. The number of nitrogens with two attached hydrogens (primary N) is 1. The van der Waals surface area contributed by atoms with Gasteiger partial charge in [0.15, 0.2) is 0 Å². The molecule has 0 radical (unpaired) electrons. The molecule has 18 heavy (non-hydrogen) atoms. The number of methoxy groups -OCH3 is 1. The summed E-state index contributed by atoms with van der Waals surface area (Å²) in [5.41, 5.74) is 8.23. The molecule has 2 N–H and O–H groups in total. The van der Waals surface area contributed by atoms with E-state index in [-0.39, 0.29) is 5.97 Å². The van der Waals surface area contributed by atoms with Crippen LogP contribution in [0.4, 0.5) is 5.82 Å². The van der Waals surface area contributed by atoms with E-state index in [1.165, 1.54) is 7.11 Å². The number of benzene rings is 1. The van der Waals surface area contributed by atoms with Crippen LogP contribution in [0.5, 0.6) is 0 Å². The van der Waals surface area contributed by atoms with Gasteiger partial charge in [-0.25, -0.2) is 4.79 Å². The molecular formula is C13H15N3O2. The van der Waals surface area contributed by atoms with Crippen molar-refractivity contribution in [2.45, 2.75) is 13.5 Å². The molecule has 94 valence electrons. The van der Waals surface area contributed by atoms with Gasteiger partial charge >= 0.3 is 5.97 Å². The predicted molar refractivity (Wildman–Crippen MR) is 68.3 cm³/mol. The quantitative estimate of drug-likeness (QED) is 0.834. The van der Waals surface area contributed by atoms with E-state index in [0.29, 0.717) is 17.9 Å². The normalized spacial score (nSPS) is 10.3. The topological polar surface area (TPSA) is 70.1 Å². The zero-order valence-electron chi connectivity index (χ0n) is 10.4. The molecule has 1 aromatic heterocycles. The average molecular weight is 245 g/mol. The van der Waals surface area contributed by atoms with Gasteiger partial charge in [0.2, 0.25) is 0 Å². The zero-order valence-corrected chi connectivity index (χ0v) is 10.4. The second-order valence-corrected chi connectivity index (χ2v) is 4.08. The molecule has 0 atom stereocenters. The smallest absolute Gasteiger partial charge is 0.337 e. The molecule has 1 aromatic carbocycles. The van der Waals surface area contributed by atoms with Gasteiger partial charge in [-0.05, 0) is 24.6 Å². The van der Waals surface area contributed by atoms with Crippen LogP contribution in [0.1, 0.15) is 21.5 Å². The van der Waals surface area contributed by atoms with Crippen molar-refractivity contribution in [3.8, 4) is 0 Å². The Balaban J connectivity index is 2.13. The molecule has 2 aromatic rings. The van der Waals surface area contributed by atoms with Crippen LogP contribution in [0.2, 0.25) is 0 Å². The number of rotatable bonds is 3. The van der Waals surface area contributed by atoms with Crippen molar-refractivity contribution in [2.75, 3.05) is 12.8 Å². The van der Waals surface area contributed by atoms with Gasteiger partial charge < -0.3 is 10.5 Å². The minimum absolute atomic E-state index is 0.333. The van der Waals surface area contributed by atoms with E-state index < -0.39 is 0 Å². The molecule has 0 fully saturated rings. The van der Waals surface area contributed by atoms with Crippen LogP contribution in [0.3, 0.4) is 0 Å². The number of hydrogen-bond donors (Lipinski definition) is 1. The second-order valence-electron chi connectivity index (χ2n) is 4.08. The van der Waals surface area contributed by atoms with E-state index >= 15 is 0 Å². The first-order valence-corrected chi connectivity index (χ1v) is 5.57. The highest BCUT2D eigenvalue weighted by atomic mass is 16.5. The molecule has 0 unspecified atom stereocenters. The second kappa shape index (κ2) is 4.91. The third kappa shape index (κ3) is 2.51. The molecule has 0 amide bonds. The molecule has 2 rings (SSSR count). The van der Waals surface area contributed by atoms with Gasteiger partial charge in [0.05, 0.1) is 19.2 Å². The maximum absolute atomic E-state index is 11.3. The number of hydrogen-bond acceptors (Lipinski definition) is 4. The summed E-state index contributed by atoms with van der Waals surface area (Å²) in [7, 11) is 1.37. The van der Waals surface area contributed by atoms with Crippen LogP contribution in [0.15, 0.2) is 30.5 Å². The maximum Gasteiger partial charge on any atom is 0.337 e. The van der Waals surface area contributed by atoms with Gasteiger partial charge in [-0.2, -0.15) is 5.10 Å². The molecule has 0 spiro atoms. The van der Waals surface area contributed by atoms with Gasteiger partial charge in [-0.3, -0.25) is 4.68 Å². The lowest BCUT2D eigenvalue weighted by Gasteiger charge is -2.03. The van der Waals surface area contributed by atoms with Crippen molar-refractivity contribution in [1.82, 2.24) is 9.78 Å². The molecule has 5 nitrogen and oxygen atoms in total. The molecule has 0 aliphatic heterocycles. The average Bonchev–Trinajstić information content (AvgIpc) is 2.68. The number of nitrogens with zero attached hydrogens (tertiary/aromatic N) is 2. The maximum atomic E-state index is 11.3. The highest BCUT2D eigenvalue weighted by Crippen LogP contribution is 2.10. The molecule has 0 saturated heterocycles. The Hall–Kier alpha value is -2.30. The van der Waals surface area contributed by atoms with Crippen molar-refractivity contribution >= 4 is 11.8 Å². The Morgan fingerprint density at radius 2 is 2.06 bits per heavy atom. The van der Waals surface area contributed by atoms with Crippen LogP contribution in [0, 0.1) is 6.92 Å². The summed E-state index contributed by atoms with van der Waals surface area (Å²) in [4.78, 5) is 11.3. The Morgan fingerprint density at radius 1 is 1.39 bits per heavy atom.